The van der Waals surface area contributed by atoms with Crippen LogP contribution in [0.4, 0.5) is 5.69 Å². The van der Waals surface area contributed by atoms with E-state index in [1.165, 1.54) is 6.20 Å². The van der Waals surface area contributed by atoms with Crippen molar-refractivity contribution in [2.75, 3.05) is 11.9 Å². The average Bonchev–Trinajstić information content (AvgIpc) is 2.93. The second-order valence-electron chi connectivity index (χ2n) is 4.32. The summed E-state index contributed by atoms with van der Waals surface area (Å²) in [6.45, 7) is 3.93. The molecule has 1 aromatic heterocycles. The third-order valence-corrected chi connectivity index (χ3v) is 2.70. The number of carbonyl (C=O) groups is 1. The molecule has 5 nitrogen and oxygen atoms in total. The fraction of sp³-hybridized carbons (Fsp3) is 0.286. The molecule has 0 fully saturated rings. The van der Waals surface area contributed by atoms with Gasteiger partial charge in [0.2, 0.25) is 0 Å². The molecule has 5 heteroatoms. The summed E-state index contributed by atoms with van der Waals surface area (Å²) in [5.41, 5.74) is 2.47. The van der Waals surface area contributed by atoms with E-state index in [-0.39, 0.29) is 5.91 Å². The van der Waals surface area contributed by atoms with Crippen LogP contribution >= 0.6 is 0 Å². The van der Waals surface area contributed by atoms with Crippen molar-refractivity contribution in [2.24, 2.45) is 0 Å². The third kappa shape index (κ3) is 3.93. The van der Waals surface area contributed by atoms with Crippen LogP contribution in [-0.2, 0) is 6.54 Å². The molecule has 0 saturated heterocycles. The van der Waals surface area contributed by atoms with Crippen LogP contribution < -0.4 is 10.6 Å². The number of aromatic nitrogens is 2. The number of nitrogens with one attached hydrogen (secondary N) is 3. The van der Waals surface area contributed by atoms with Gasteiger partial charge in [0.05, 0.1) is 11.8 Å². The van der Waals surface area contributed by atoms with Crippen molar-refractivity contribution in [1.82, 2.24) is 15.5 Å². The molecule has 1 aromatic carbocycles. The molecule has 1 amide bonds. The van der Waals surface area contributed by atoms with E-state index in [2.05, 4.69) is 27.8 Å². The first-order valence-electron chi connectivity index (χ1n) is 6.39. The molecule has 0 aliphatic rings. The molecule has 0 bridgehead atoms. The molecule has 0 aliphatic heterocycles. The van der Waals surface area contributed by atoms with Crippen molar-refractivity contribution < 1.29 is 4.79 Å². The lowest BCUT2D eigenvalue weighted by atomic mass is 10.2. The van der Waals surface area contributed by atoms with Crippen LogP contribution in [0.15, 0.2) is 36.7 Å². The Kier molecular flexibility index (Phi) is 4.69. The van der Waals surface area contributed by atoms with Gasteiger partial charge in [0.25, 0.3) is 5.91 Å². The number of aromatic amines is 1. The van der Waals surface area contributed by atoms with Crippen molar-refractivity contribution in [3.8, 4) is 0 Å². The van der Waals surface area contributed by atoms with Crippen LogP contribution in [0.5, 0.6) is 0 Å². The summed E-state index contributed by atoms with van der Waals surface area (Å²) in [5.74, 6) is -0.160. The maximum atomic E-state index is 11.9. The molecule has 0 atom stereocenters. The Morgan fingerprint density at radius 1 is 1.42 bits per heavy atom. The highest BCUT2D eigenvalue weighted by molar-refractivity contribution is 6.03. The van der Waals surface area contributed by atoms with Gasteiger partial charge in [-0.15, -0.1) is 0 Å². The van der Waals surface area contributed by atoms with E-state index < -0.39 is 0 Å². The number of carbonyl (C=O) groups excluding carboxylic acids is 1. The maximum Gasteiger partial charge on any atom is 0.258 e. The van der Waals surface area contributed by atoms with Gasteiger partial charge >= 0.3 is 0 Å². The van der Waals surface area contributed by atoms with E-state index in [0.29, 0.717) is 5.56 Å². The molecule has 1 heterocycles. The van der Waals surface area contributed by atoms with Gasteiger partial charge in [-0.1, -0.05) is 19.1 Å². The molecule has 100 valence electrons. The highest BCUT2D eigenvalue weighted by Gasteiger charge is 2.06. The standard InChI is InChI=1S/C14H18N4O/c1-2-6-15-8-11-4-3-5-13(7-11)18-14(19)12-9-16-17-10-12/h3-5,7,9-10,15H,2,6,8H2,1H3,(H,16,17)(H,18,19). The van der Waals surface area contributed by atoms with Crippen LogP contribution in [-0.4, -0.2) is 22.6 Å². The van der Waals surface area contributed by atoms with Crippen molar-refractivity contribution in [2.45, 2.75) is 19.9 Å². The quantitative estimate of drug-likeness (QED) is 0.695. The summed E-state index contributed by atoms with van der Waals surface area (Å²) in [4.78, 5) is 11.9. The maximum absolute atomic E-state index is 11.9. The Balaban J connectivity index is 1.97. The van der Waals surface area contributed by atoms with Crippen LogP contribution in [0, 0.1) is 0 Å². The van der Waals surface area contributed by atoms with Crippen LogP contribution in [0.3, 0.4) is 0 Å². The van der Waals surface area contributed by atoms with Crippen molar-refractivity contribution in [1.29, 1.82) is 0 Å². The van der Waals surface area contributed by atoms with Crippen LogP contribution in [0.1, 0.15) is 29.3 Å². The topological polar surface area (TPSA) is 69.8 Å². The monoisotopic (exact) mass is 258 g/mol. The Bertz CT molecular complexity index is 522. The second kappa shape index (κ2) is 6.70. The van der Waals surface area contributed by atoms with Gasteiger partial charge in [-0.05, 0) is 30.7 Å². The zero-order valence-electron chi connectivity index (χ0n) is 10.9. The number of anilines is 1. The molecular weight excluding hydrogens is 240 g/mol. The van der Waals surface area contributed by atoms with Crippen LogP contribution in [0.2, 0.25) is 0 Å². The highest BCUT2D eigenvalue weighted by Crippen LogP contribution is 2.12. The lowest BCUT2D eigenvalue weighted by Gasteiger charge is -2.07. The number of nitrogens with zero attached hydrogens (tertiary/aromatic N) is 1. The molecule has 0 unspecified atom stereocenters. The number of benzene rings is 1. The van der Waals surface area contributed by atoms with E-state index in [9.17, 15) is 4.79 Å². The molecule has 0 saturated carbocycles. The molecule has 3 N–H and O–H groups in total. The first-order valence-corrected chi connectivity index (χ1v) is 6.39. The molecule has 0 spiro atoms. The van der Waals surface area contributed by atoms with Crippen molar-refractivity contribution >= 4 is 11.6 Å². The van der Waals surface area contributed by atoms with Gasteiger partial charge in [-0.3, -0.25) is 9.89 Å². The van der Waals surface area contributed by atoms with Gasteiger partial charge in [0.1, 0.15) is 0 Å². The Labute approximate surface area is 112 Å². The van der Waals surface area contributed by atoms with Gasteiger partial charge in [-0.2, -0.15) is 5.10 Å². The number of rotatable bonds is 6. The highest BCUT2D eigenvalue weighted by atomic mass is 16.1. The number of amides is 1. The summed E-state index contributed by atoms with van der Waals surface area (Å²) in [6.07, 6.45) is 4.18. The molecule has 2 aromatic rings. The Morgan fingerprint density at radius 3 is 3.05 bits per heavy atom. The van der Waals surface area contributed by atoms with E-state index >= 15 is 0 Å². The van der Waals surface area contributed by atoms with E-state index in [4.69, 9.17) is 0 Å². The SMILES string of the molecule is CCCNCc1cccc(NC(=O)c2cn[nH]c2)c1. The van der Waals surface area contributed by atoms with Crippen LogP contribution in [0.25, 0.3) is 0 Å². The lowest BCUT2D eigenvalue weighted by Crippen LogP contribution is -2.14. The number of H-pyrrole nitrogens is 1. The Morgan fingerprint density at radius 2 is 2.32 bits per heavy atom. The fourth-order valence-corrected chi connectivity index (χ4v) is 1.75. The Hall–Kier alpha value is -2.14. The summed E-state index contributed by atoms with van der Waals surface area (Å²) in [5, 5.41) is 12.6. The molecule has 2 rings (SSSR count). The lowest BCUT2D eigenvalue weighted by molar-refractivity contribution is 0.102. The number of hydrogen-bond acceptors (Lipinski definition) is 3. The molecular formula is C14H18N4O. The summed E-state index contributed by atoms with van der Waals surface area (Å²) < 4.78 is 0. The van der Waals surface area contributed by atoms with Gasteiger partial charge in [0, 0.05) is 18.4 Å². The van der Waals surface area contributed by atoms with Gasteiger partial charge < -0.3 is 10.6 Å². The van der Waals surface area contributed by atoms with Gasteiger partial charge in [0.15, 0.2) is 0 Å². The zero-order chi connectivity index (χ0) is 13.5. The predicted molar refractivity (Wildman–Crippen MR) is 75.0 cm³/mol. The van der Waals surface area contributed by atoms with E-state index in [1.807, 2.05) is 24.3 Å². The largest absolute Gasteiger partial charge is 0.322 e. The minimum absolute atomic E-state index is 0.160. The smallest absolute Gasteiger partial charge is 0.258 e. The molecule has 0 radical (unpaired) electrons. The number of hydrogen-bond donors (Lipinski definition) is 3. The van der Waals surface area contributed by atoms with Gasteiger partial charge in [-0.25, -0.2) is 0 Å². The molecule has 19 heavy (non-hydrogen) atoms. The average molecular weight is 258 g/mol. The summed E-state index contributed by atoms with van der Waals surface area (Å²) in [7, 11) is 0. The third-order valence-electron chi connectivity index (χ3n) is 2.70. The second-order valence-corrected chi connectivity index (χ2v) is 4.32. The van der Waals surface area contributed by atoms with E-state index in [1.54, 1.807) is 6.20 Å². The minimum Gasteiger partial charge on any atom is -0.322 e. The van der Waals surface area contributed by atoms with E-state index in [0.717, 1.165) is 30.8 Å². The minimum atomic E-state index is -0.160. The summed E-state index contributed by atoms with van der Waals surface area (Å²) >= 11 is 0. The molecule has 0 aliphatic carbocycles. The first kappa shape index (κ1) is 13.3. The zero-order valence-corrected chi connectivity index (χ0v) is 10.9. The predicted octanol–water partition coefficient (Wildman–Crippen LogP) is 2.16. The summed E-state index contributed by atoms with van der Waals surface area (Å²) in [6, 6.07) is 7.83. The van der Waals surface area contributed by atoms with Crippen molar-refractivity contribution in [3.63, 3.8) is 0 Å². The fourth-order valence-electron chi connectivity index (χ4n) is 1.75. The van der Waals surface area contributed by atoms with Crippen molar-refractivity contribution in [3.05, 3.63) is 47.8 Å². The first-order chi connectivity index (χ1) is 9.29. The normalized spacial score (nSPS) is 10.4.